The molecule has 1 heterocycles. The number of fused-ring (bicyclic) bond motifs is 1. The highest BCUT2D eigenvalue weighted by atomic mass is 79.9. The molecule has 0 spiro atoms. The number of hydrogen-bond acceptors (Lipinski definition) is 3. The van der Waals surface area contributed by atoms with Crippen LogP contribution in [-0.2, 0) is 9.59 Å². The third-order valence-electron chi connectivity index (χ3n) is 4.36. The SMILES string of the molecule is CC1CC2C(=O)N(CCOc3ccc(Br)cc3)C(=O)C2C1. The maximum absolute atomic E-state index is 12.3. The van der Waals surface area contributed by atoms with Crippen LogP contribution in [0.3, 0.4) is 0 Å². The fraction of sp³-hybridized carbons (Fsp3) is 0.500. The summed E-state index contributed by atoms with van der Waals surface area (Å²) >= 11 is 3.36. The number of halogens is 1. The van der Waals surface area contributed by atoms with Gasteiger partial charge < -0.3 is 4.74 Å². The molecule has 2 fully saturated rings. The molecule has 2 aliphatic rings. The van der Waals surface area contributed by atoms with Crippen molar-refractivity contribution in [1.29, 1.82) is 0 Å². The molecule has 1 aliphatic heterocycles. The van der Waals surface area contributed by atoms with Crippen molar-refractivity contribution in [2.24, 2.45) is 17.8 Å². The zero-order valence-corrected chi connectivity index (χ0v) is 13.5. The quantitative estimate of drug-likeness (QED) is 0.783. The molecule has 1 aromatic carbocycles. The zero-order chi connectivity index (χ0) is 15.0. The summed E-state index contributed by atoms with van der Waals surface area (Å²) in [5.74, 6) is 1.04. The predicted octanol–water partition coefficient (Wildman–Crippen LogP) is 2.86. The largest absolute Gasteiger partial charge is 0.492 e. The molecule has 0 N–H and O–H groups in total. The van der Waals surface area contributed by atoms with E-state index in [1.807, 2.05) is 24.3 Å². The van der Waals surface area contributed by atoms with Crippen molar-refractivity contribution in [3.05, 3.63) is 28.7 Å². The first-order chi connectivity index (χ1) is 10.1. The van der Waals surface area contributed by atoms with Gasteiger partial charge in [0, 0.05) is 4.47 Å². The van der Waals surface area contributed by atoms with Gasteiger partial charge in [0.2, 0.25) is 11.8 Å². The minimum absolute atomic E-state index is 0.00578. The van der Waals surface area contributed by atoms with Crippen molar-refractivity contribution in [2.45, 2.75) is 19.8 Å². The average Bonchev–Trinajstić information content (AvgIpc) is 2.94. The van der Waals surface area contributed by atoms with Gasteiger partial charge in [0.1, 0.15) is 12.4 Å². The monoisotopic (exact) mass is 351 g/mol. The van der Waals surface area contributed by atoms with Crippen LogP contribution >= 0.6 is 15.9 Å². The Labute approximate surface area is 132 Å². The molecule has 2 unspecified atom stereocenters. The van der Waals surface area contributed by atoms with Crippen molar-refractivity contribution in [1.82, 2.24) is 4.90 Å². The number of benzene rings is 1. The minimum Gasteiger partial charge on any atom is -0.492 e. The first kappa shape index (κ1) is 14.6. The molecule has 1 saturated heterocycles. The fourth-order valence-corrected chi connectivity index (χ4v) is 3.62. The Bertz CT molecular complexity index is 533. The Morgan fingerprint density at radius 3 is 2.29 bits per heavy atom. The lowest BCUT2D eigenvalue weighted by atomic mass is 10.00. The molecule has 2 amide bonds. The van der Waals surface area contributed by atoms with Gasteiger partial charge in [0.15, 0.2) is 0 Å². The van der Waals surface area contributed by atoms with Gasteiger partial charge in [0.05, 0.1) is 18.4 Å². The number of carbonyl (C=O) groups is 2. The molecule has 3 rings (SSSR count). The summed E-state index contributed by atoms with van der Waals surface area (Å²) in [6.07, 6.45) is 1.69. The number of rotatable bonds is 4. The van der Waals surface area contributed by atoms with Crippen LogP contribution in [0.1, 0.15) is 19.8 Å². The van der Waals surface area contributed by atoms with E-state index in [9.17, 15) is 9.59 Å². The van der Waals surface area contributed by atoms with Crippen LogP contribution in [0.15, 0.2) is 28.7 Å². The zero-order valence-electron chi connectivity index (χ0n) is 11.9. The number of carbonyl (C=O) groups excluding carboxylic acids is 2. The molecular formula is C16H18BrNO3. The van der Waals surface area contributed by atoms with Crippen molar-refractivity contribution < 1.29 is 14.3 Å². The summed E-state index contributed by atoms with van der Waals surface area (Å²) in [5, 5.41) is 0. The second kappa shape index (κ2) is 5.79. The number of amides is 2. The number of hydrogen-bond donors (Lipinski definition) is 0. The number of likely N-dealkylation sites (tertiary alicyclic amines) is 1. The molecule has 21 heavy (non-hydrogen) atoms. The summed E-state index contributed by atoms with van der Waals surface area (Å²) in [5.41, 5.74) is 0. The maximum Gasteiger partial charge on any atom is 0.233 e. The smallest absolute Gasteiger partial charge is 0.233 e. The van der Waals surface area contributed by atoms with Gasteiger partial charge in [-0.3, -0.25) is 14.5 Å². The second-order valence-corrected chi connectivity index (χ2v) is 6.84. The van der Waals surface area contributed by atoms with E-state index in [2.05, 4.69) is 22.9 Å². The molecule has 5 heteroatoms. The number of nitrogens with zero attached hydrogens (tertiary/aromatic N) is 1. The van der Waals surface area contributed by atoms with Crippen molar-refractivity contribution in [2.75, 3.05) is 13.2 Å². The van der Waals surface area contributed by atoms with E-state index in [1.165, 1.54) is 4.90 Å². The Kier molecular flexibility index (Phi) is 4.02. The summed E-state index contributed by atoms with van der Waals surface area (Å²) in [6, 6.07) is 7.50. The maximum atomic E-state index is 12.3. The van der Waals surface area contributed by atoms with E-state index in [-0.39, 0.29) is 23.7 Å². The van der Waals surface area contributed by atoms with Crippen LogP contribution < -0.4 is 4.74 Å². The third kappa shape index (κ3) is 2.84. The van der Waals surface area contributed by atoms with E-state index in [1.54, 1.807) is 0 Å². The van der Waals surface area contributed by atoms with E-state index < -0.39 is 0 Å². The second-order valence-electron chi connectivity index (χ2n) is 5.92. The molecule has 0 bridgehead atoms. The van der Waals surface area contributed by atoms with Gasteiger partial charge in [-0.15, -0.1) is 0 Å². The topological polar surface area (TPSA) is 46.6 Å². The Morgan fingerprint density at radius 2 is 1.71 bits per heavy atom. The fourth-order valence-electron chi connectivity index (χ4n) is 3.35. The number of ether oxygens (including phenoxy) is 1. The summed E-state index contributed by atoms with van der Waals surface area (Å²) < 4.78 is 6.58. The molecule has 4 nitrogen and oxygen atoms in total. The molecular weight excluding hydrogens is 334 g/mol. The van der Waals surface area contributed by atoms with Gasteiger partial charge in [-0.05, 0) is 43.0 Å². The van der Waals surface area contributed by atoms with Gasteiger partial charge in [-0.1, -0.05) is 22.9 Å². The Balaban J connectivity index is 1.55. The lowest BCUT2D eigenvalue weighted by molar-refractivity contribution is -0.140. The molecule has 0 radical (unpaired) electrons. The Hall–Kier alpha value is -1.36. The molecule has 112 valence electrons. The minimum atomic E-state index is -0.0832. The van der Waals surface area contributed by atoms with Crippen LogP contribution in [-0.4, -0.2) is 29.9 Å². The molecule has 1 saturated carbocycles. The van der Waals surface area contributed by atoms with Crippen molar-refractivity contribution in [3.63, 3.8) is 0 Å². The third-order valence-corrected chi connectivity index (χ3v) is 4.89. The normalized spacial score (nSPS) is 28.1. The van der Waals surface area contributed by atoms with Gasteiger partial charge >= 0.3 is 0 Å². The van der Waals surface area contributed by atoms with Gasteiger partial charge in [-0.25, -0.2) is 0 Å². The average molecular weight is 352 g/mol. The highest BCUT2D eigenvalue weighted by Gasteiger charge is 2.51. The van der Waals surface area contributed by atoms with E-state index in [0.717, 1.165) is 23.1 Å². The van der Waals surface area contributed by atoms with E-state index in [0.29, 0.717) is 19.1 Å². The van der Waals surface area contributed by atoms with Crippen LogP contribution in [0.25, 0.3) is 0 Å². The van der Waals surface area contributed by atoms with Crippen molar-refractivity contribution in [3.8, 4) is 5.75 Å². The van der Waals surface area contributed by atoms with E-state index >= 15 is 0 Å². The first-order valence-electron chi connectivity index (χ1n) is 7.30. The van der Waals surface area contributed by atoms with Gasteiger partial charge in [-0.2, -0.15) is 0 Å². The lowest BCUT2D eigenvalue weighted by Gasteiger charge is -2.17. The van der Waals surface area contributed by atoms with Gasteiger partial charge in [0.25, 0.3) is 0 Å². The summed E-state index contributed by atoms with van der Waals surface area (Å²) in [4.78, 5) is 25.9. The van der Waals surface area contributed by atoms with Crippen LogP contribution in [0, 0.1) is 17.8 Å². The molecule has 1 aromatic rings. The van der Waals surface area contributed by atoms with Crippen LogP contribution in [0.4, 0.5) is 0 Å². The summed E-state index contributed by atoms with van der Waals surface area (Å²) in [6.45, 7) is 2.79. The van der Waals surface area contributed by atoms with E-state index in [4.69, 9.17) is 4.74 Å². The van der Waals surface area contributed by atoms with Crippen molar-refractivity contribution >= 4 is 27.7 Å². The molecule has 2 atom stereocenters. The first-order valence-corrected chi connectivity index (χ1v) is 8.09. The molecule has 0 aromatic heterocycles. The standard InChI is InChI=1S/C16H18BrNO3/c1-10-8-13-14(9-10)16(20)18(15(13)19)6-7-21-12-4-2-11(17)3-5-12/h2-5,10,13-14H,6-9H2,1H3. The molecule has 1 aliphatic carbocycles. The van der Waals surface area contributed by atoms with Crippen LogP contribution in [0.5, 0.6) is 5.75 Å². The highest BCUT2D eigenvalue weighted by Crippen LogP contribution is 2.42. The predicted molar refractivity (Wildman–Crippen MR) is 81.7 cm³/mol. The number of imide groups is 1. The highest BCUT2D eigenvalue weighted by molar-refractivity contribution is 9.10. The Morgan fingerprint density at radius 1 is 1.14 bits per heavy atom. The lowest BCUT2D eigenvalue weighted by Crippen LogP contribution is -2.35. The van der Waals surface area contributed by atoms with Crippen LogP contribution in [0.2, 0.25) is 0 Å². The summed E-state index contributed by atoms with van der Waals surface area (Å²) in [7, 11) is 0.